The van der Waals surface area contributed by atoms with E-state index in [4.69, 9.17) is 4.74 Å². The molecule has 1 fully saturated rings. The smallest absolute Gasteiger partial charge is 0.408 e. The van der Waals surface area contributed by atoms with Crippen molar-refractivity contribution in [1.29, 1.82) is 0 Å². The number of phenolic OH excluding ortho intramolecular Hbond substituents is 1. The molecule has 0 aromatic heterocycles. The SMILES string of the molecule is CC1CC1N(C(=O)C(Cc1ccccc1)NC(=O)OC(C)(C)C)C(C(=O)NCc1ccccc1)c1ccccc1O. The van der Waals surface area contributed by atoms with E-state index in [0.29, 0.717) is 12.0 Å². The predicted octanol–water partition coefficient (Wildman–Crippen LogP) is 5.12. The normalized spacial score (nSPS) is 17.6. The molecule has 0 radical (unpaired) electrons. The molecular weight excluding hydrogens is 518 g/mol. The number of nitrogens with zero attached hydrogens (tertiary/aromatic N) is 1. The summed E-state index contributed by atoms with van der Waals surface area (Å²) in [4.78, 5) is 42.8. The van der Waals surface area contributed by atoms with Gasteiger partial charge in [-0.05, 0) is 50.3 Å². The molecule has 4 rings (SSSR count). The highest BCUT2D eigenvalue weighted by Crippen LogP contribution is 2.42. The summed E-state index contributed by atoms with van der Waals surface area (Å²) in [5, 5.41) is 16.6. The van der Waals surface area contributed by atoms with Gasteiger partial charge in [0.15, 0.2) is 0 Å². The van der Waals surface area contributed by atoms with Gasteiger partial charge < -0.3 is 25.4 Å². The highest BCUT2D eigenvalue weighted by Gasteiger charge is 2.48. The van der Waals surface area contributed by atoms with Crippen LogP contribution in [0.3, 0.4) is 0 Å². The van der Waals surface area contributed by atoms with E-state index in [1.165, 1.54) is 6.07 Å². The van der Waals surface area contributed by atoms with Crippen LogP contribution in [0.2, 0.25) is 0 Å². The van der Waals surface area contributed by atoms with Crippen LogP contribution in [0.4, 0.5) is 4.79 Å². The van der Waals surface area contributed by atoms with Gasteiger partial charge in [0, 0.05) is 24.6 Å². The molecule has 0 aliphatic heterocycles. The molecule has 3 N–H and O–H groups in total. The summed E-state index contributed by atoms with van der Waals surface area (Å²) in [5.41, 5.74) is 1.31. The van der Waals surface area contributed by atoms with E-state index in [9.17, 15) is 19.5 Å². The van der Waals surface area contributed by atoms with Crippen molar-refractivity contribution in [3.05, 3.63) is 102 Å². The lowest BCUT2D eigenvalue weighted by Gasteiger charge is -2.35. The van der Waals surface area contributed by atoms with Gasteiger partial charge in [0.2, 0.25) is 11.8 Å². The number of amides is 3. The van der Waals surface area contributed by atoms with Gasteiger partial charge in [0.1, 0.15) is 23.4 Å². The third kappa shape index (κ3) is 8.10. The molecule has 0 heterocycles. The topological polar surface area (TPSA) is 108 Å². The van der Waals surface area contributed by atoms with Gasteiger partial charge in [-0.15, -0.1) is 0 Å². The van der Waals surface area contributed by atoms with Crippen molar-refractivity contribution in [2.24, 2.45) is 5.92 Å². The molecule has 3 aromatic rings. The summed E-state index contributed by atoms with van der Waals surface area (Å²) in [6, 6.07) is 23.1. The van der Waals surface area contributed by atoms with Crippen molar-refractivity contribution in [1.82, 2.24) is 15.5 Å². The molecule has 0 spiro atoms. The van der Waals surface area contributed by atoms with Crippen LogP contribution in [0.15, 0.2) is 84.9 Å². The highest BCUT2D eigenvalue weighted by atomic mass is 16.6. The van der Waals surface area contributed by atoms with Gasteiger partial charge in [0.25, 0.3) is 0 Å². The number of alkyl carbamates (subject to hydrolysis) is 1. The van der Waals surface area contributed by atoms with Crippen LogP contribution in [0, 0.1) is 5.92 Å². The number of para-hydroxylation sites is 1. The van der Waals surface area contributed by atoms with Crippen molar-refractivity contribution < 1.29 is 24.2 Å². The minimum Gasteiger partial charge on any atom is -0.508 e. The number of hydrogen-bond acceptors (Lipinski definition) is 5. The van der Waals surface area contributed by atoms with Crippen LogP contribution < -0.4 is 10.6 Å². The van der Waals surface area contributed by atoms with Gasteiger partial charge in [-0.25, -0.2) is 4.79 Å². The van der Waals surface area contributed by atoms with E-state index in [-0.39, 0.29) is 30.7 Å². The van der Waals surface area contributed by atoms with Crippen LogP contribution >= 0.6 is 0 Å². The van der Waals surface area contributed by atoms with Gasteiger partial charge in [0.05, 0.1) is 0 Å². The number of benzene rings is 3. The van der Waals surface area contributed by atoms with E-state index in [2.05, 4.69) is 10.6 Å². The number of carbonyl (C=O) groups excluding carboxylic acids is 3. The Bertz CT molecular complexity index is 1340. The largest absolute Gasteiger partial charge is 0.508 e. The van der Waals surface area contributed by atoms with Crippen LogP contribution in [0.5, 0.6) is 5.75 Å². The first-order chi connectivity index (χ1) is 19.5. The number of ether oxygens (including phenoxy) is 1. The number of nitrogens with one attached hydrogen (secondary N) is 2. The first kappa shape index (κ1) is 29.6. The fourth-order valence-corrected chi connectivity index (χ4v) is 4.87. The molecule has 1 aliphatic carbocycles. The van der Waals surface area contributed by atoms with Crippen molar-refractivity contribution in [3.8, 4) is 5.75 Å². The van der Waals surface area contributed by atoms with Crippen molar-refractivity contribution >= 4 is 17.9 Å². The second-order valence-corrected chi connectivity index (χ2v) is 11.6. The maximum absolute atomic E-state index is 14.5. The lowest BCUT2D eigenvalue weighted by Crippen LogP contribution is -2.54. The van der Waals surface area contributed by atoms with E-state index < -0.39 is 35.6 Å². The Morgan fingerprint density at radius 3 is 2.05 bits per heavy atom. The summed E-state index contributed by atoms with van der Waals surface area (Å²) in [7, 11) is 0. The van der Waals surface area contributed by atoms with E-state index >= 15 is 0 Å². The molecule has 216 valence electrons. The van der Waals surface area contributed by atoms with Gasteiger partial charge in [-0.1, -0.05) is 85.8 Å². The van der Waals surface area contributed by atoms with Crippen LogP contribution in [-0.4, -0.2) is 45.6 Å². The summed E-state index contributed by atoms with van der Waals surface area (Å²) in [5.74, 6) is -0.776. The molecular formula is C33H39N3O5. The molecule has 0 bridgehead atoms. The molecule has 3 amide bonds. The predicted molar refractivity (Wildman–Crippen MR) is 157 cm³/mol. The van der Waals surface area contributed by atoms with Crippen molar-refractivity contribution in [3.63, 3.8) is 0 Å². The fraction of sp³-hybridized carbons (Fsp3) is 0.364. The van der Waals surface area contributed by atoms with Crippen molar-refractivity contribution in [2.45, 2.75) is 70.8 Å². The minimum absolute atomic E-state index is 0.0850. The lowest BCUT2D eigenvalue weighted by molar-refractivity contribution is -0.143. The Labute approximate surface area is 241 Å². The first-order valence-electron chi connectivity index (χ1n) is 14.0. The Morgan fingerprint density at radius 2 is 1.49 bits per heavy atom. The maximum Gasteiger partial charge on any atom is 0.408 e. The van der Waals surface area contributed by atoms with E-state index in [1.54, 1.807) is 43.9 Å². The molecule has 0 saturated heterocycles. The second kappa shape index (κ2) is 12.9. The summed E-state index contributed by atoms with van der Waals surface area (Å²) < 4.78 is 5.49. The van der Waals surface area contributed by atoms with Crippen LogP contribution in [-0.2, 0) is 27.3 Å². The lowest BCUT2D eigenvalue weighted by atomic mass is 9.99. The minimum atomic E-state index is -1.11. The first-order valence-corrected chi connectivity index (χ1v) is 14.0. The summed E-state index contributed by atoms with van der Waals surface area (Å²) in [6.45, 7) is 7.54. The van der Waals surface area contributed by atoms with Crippen LogP contribution in [0.1, 0.15) is 56.8 Å². The molecule has 41 heavy (non-hydrogen) atoms. The number of rotatable bonds is 10. The zero-order valence-corrected chi connectivity index (χ0v) is 24.0. The summed E-state index contributed by atoms with van der Waals surface area (Å²) >= 11 is 0. The van der Waals surface area contributed by atoms with Gasteiger partial charge in [-0.3, -0.25) is 9.59 Å². The third-order valence-corrected chi connectivity index (χ3v) is 7.02. The zero-order valence-electron chi connectivity index (χ0n) is 24.0. The van der Waals surface area contributed by atoms with E-state index in [1.807, 2.05) is 67.6 Å². The highest BCUT2D eigenvalue weighted by molar-refractivity contribution is 5.93. The Balaban J connectivity index is 1.71. The Kier molecular flexibility index (Phi) is 9.32. The van der Waals surface area contributed by atoms with E-state index in [0.717, 1.165) is 11.1 Å². The average molecular weight is 558 g/mol. The zero-order chi connectivity index (χ0) is 29.6. The standard InChI is InChI=1S/C33H39N3O5/c1-22-19-27(22)36(31(39)26(20-23-13-7-5-8-14-23)35-32(40)41-33(2,3)4)29(25-17-11-12-18-28(25)37)30(38)34-21-24-15-9-6-10-16-24/h5-18,22,26-27,29,37H,19-21H2,1-4H3,(H,34,38)(H,35,40). The Morgan fingerprint density at radius 1 is 0.927 bits per heavy atom. The molecule has 1 aliphatic rings. The van der Waals surface area contributed by atoms with Gasteiger partial charge in [-0.2, -0.15) is 0 Å². The molecule has 1 saturated carbocycles. The Hall–Kier alpha value is -4.33. The number of aromatic hydroxyl groups is 1. The monoisotopic (exact) mass is 557 g/mol. The maximum atomic E-state index is 14.5. The molecule has 4 unspecified atom stereocenters. The average Bonchev–Trinajstić information content (AvgIpc) is 3.65. The van der Waals surface area contributed by atoms with Gasteiger partial charge >= 0.3 is 6.09 Å². The molecule has 4 atom stereocenters. The molecule has 8 nitrogen and oxygen atoms in total. The number of hydrogen-bond donors (Lipinski definition) is 3. The number of carbonyl (C=O) groups is 3. The summed E-state index contributed by atoms with van der Waals surface area (Å²) in [6.07, 6.45) is 0.185. The van der Waals surface area contributed by atoms with Crippen molar-refractivity contribution in [2.75, 3.05) is 0 Å². The fourth-order valence-electron chi connectivity index (χ4n) is 4.87. The van der Waals surface area contributed by atoms with Crippen LogP contribution in [0.25, 0.3) is 0 Å². The third-order valence-electron chi connectivity index (χ3n) is 7.02. The second-order valence-electron chi connectivity index (χ2n) is 11.6. The molecule has 8 heteroatoms. The quantitative estimate of drug-likeness (QED) is 0.321. The molecule has 3 aromatic carbocycles. The number of phenols is 1.